The van der Waals surface area contributed by atoms with Crippen LogP contribution in [0.3, 0.4) is 0 Å². The summed E-state index contributed by atoms with van der Waals surface area (Å²) in [6.45, 7) is 1.03. The number of hydrogen-bond acceptors (Lipinski definition) is 6. The molecule has 1 saturated heterocycles. The molecule has 0 spiro atoms. The van der Waals surface area contributed by atoms with E-state index in [0.29, 0.717) is 43.9 Å². The van der Waals surface area contributed by atoms with E-state index >= 15 is 0 Å². The fourth-order valence-corrected chi connectivity index (χ4v) is 4.33. The summed E-state index contributed by atoms with van der Waals surface area (Å²) in [4.78, 5) is 25.4. The number of hydrogen-bond donors (Lipinski definition) is 2. The van der Waals surface area contributed by atoms with Gasteiger partial charge >= 0.3 is 6.18 Å². The molecule has 1 aliphatic rings. The molecule has 194 valence electrons. The quantitative estimate of drug-likeness (QED) is 0.358. The molecule has 3 aromatic rings. The maximum absolute atomic E-state index is 13.2. The topological polar surface area (TPSA) is 93.2 Å². The predicted octanol–water partition coefficient (Wildman–Crippen LogP) is 5.32. The number of aromatic nitrogens is 2. The van der Waals surface area contributed by atoms with E-state index in [9.17, 15) is 22.8 Å². The van der Waals surface area contributed by atoms with Crippen LogP contribution in [0.15, 0.2) is 66.9 Å². The summed E-state index contributed by atoms with van der Waals surface area (Å²) in [7, 11) is 0. The summed E-state index contributed by atoms with van der Waals surface area (Å²) >= 11 is 0. The number of benzene rings is 2. The predicted molar refractivity (Wildman–Crippen MR) is 131 cm³/mol. The number of ether oxygens (including phenoxy) is 1. The van der Waals surface area contributed by atoms with E-state index in [1.807, 2.05) is 0 Å². The molecule has 4 rings (SSSR count). The highest BCUT2D eigenvalue weighted by Gasteiger charge is 2.41. The van der Waals surface area contributed by atoms with Gasteiger partial charge < -0.3 is 15.4 Å². The summed E-state index contributed by atoms with van der Waals surface area (Å²) in [5.74, 6) is -0.257. The summed E-state index contributed by atoms with van der Waals surface area (Å²) in [6, 6.07) is 15.4. The van der Waals surface area contributed by atoms with Crippen molar-refractivity contribution in [2.75, 3.05) is 18.5 Å². The van der Waals surface area contributed by atoms with Crippen LogP contribution in [0.4, 0.5) is 24.5 Å². The van der Waals surface area contributed by atoms with Gasteiger partial charge in [0.05, 0.1) is 23.3 Å². The average Bonchev–Trinajstić information content (AvgIpc) is 3.38. The Balaban J connectivity index is 1.31. The molecule has 7 nitrogen and oxygen atoms in total. The molecule has 0 saturated carbocycles. The second-order valence-electron chi connectivity index (χ2n) is 9.02. The average molecular weight is 513 g/mol. The van der Waals surface area contributed by atoms with Crippen molar-refractivity contribution in [1.29, 1.82) is 0 Å². The fourth-order valence-electron chi connectivity index (χ4n) is 4.33. The van der Waals surface area contributed by atoms with E-state index < -0.39 is 17.2 Å². The Morgan fingerprint density at radius 1 is 1.03 bits per heavy atom. The second kappa shape index (κ2) is 11.5. The van der Waals surface area contributed by atoms with Crippen LogP contribution in [-0.2, 0) is 22.3 Å². The molecule has 0 aliphatic carbocycles. The van der Waals surface area contributed by atoms with Crippen molar-refractivity contribution >= 4 is 23.1 Å². The molecular weight excluding hydrogens is 485 g/mol. The lowest BCUT2D eigenvalue weighted by molar-refractivity contribution is -0.137. The van der Waals surface area contributed by atoms with Gasteiger partial charge in [0.25, 0.3) is 0 Å². The van der Waals surface area contributed by atoms with Crippen molar-refractivity contribution < 1.29 is 27.5 Å². The molecule has 0 radical (unpaired) electrons. The number of nitrogens with one attached hydrogen (secondary N) is 2. The third kappa shape index (κ3) is 6.71. The van der Waals surface area contributed by atoms with Crippen LogP contribution >= 0.6 is 0 Å². The lowest BCUT2D eigenvalue weighted by atomic mass is 9.80. The van der Waals surface area contributed by atoms with Gasteiger partial charge in [-0.15, -0.1) is 5.10 Å². The molecule has 0 bridgehead atoms. The van der Waals surface area contributed by atoms with Crippen molar-refractivity contribution in [3.05, 3.63) is 83.7 Å². The Bertz CT molecular complexity index is 1210. The van der Waals surface area contributed by atoms with Gasteiger partial charge in [0, 0.05) is 31.5 Å². The van der Waals surface area contributed by atoms with Gasteiger partial charge in [-0.25, -0.2) is 0 Å². The van der Waals surface area contributed by atoms with Crippen molar-refractivity contribution in [3.8, 4) is 0 Å². The van der Waals surface area contributed by atoms with Gasteiger partial charge in [0.1, 0.15) is 5.69 Å². The zero-order chi connectivity index (χ0) is 26.3. The summed E-state index contributed by atoms with van der Waals surface area (Å²) in [6.07, 6.45) is -1.10. The monoisotopic (exact) mass is 512 g/mol. The van der Waals surface area contributed by atoms with Crippen molar-refractivity contribution in [2.45, 2.75) is 38.4 Å². The van der Waals surface area contributed by atoms with Gasteiger partial charge in [-0.1, -0.05) is 24.3 Å². The number of halogens is 3. The largest absolute Gasteiger partial charge is 0.418 e. The number of carbonyl (C=O) groups excluding carboxylic acids is 2. The highest BCUT2D eigenvalue weighted by atomic mass is 19.4. The lowest BCUT2D eigenvalue weighted by Gasteiger charge is -2.26. The second-order valence-corrected chi connectivity index (χ2v) is 9.02. The number of rotatable bonds is 10. The maximum atomic E-state index is 13.2. The minimum atomic E-state index is -4.46. The molecule has 2 aromatic carbocycles. The van der Waals surface area contributed by atoms with Crippen LogP contribution in [0.25, 0.3) is 0 Å². The first-order chi connectivity index (χ1) is 17.8. The van der Waals surface area contributed by atoms with Crippen LogP contribution in [0, 0.1) is 5.41 Å². The van der Waals surface area contributed by atoms with Crippen molar-refractivity contribution in [2.24, 2.45) is 5.41 Å². The van der Waals surface area contributed by atoms with Crippen LogP contribution in [0.5, 0.6) is 0 Å². The molecular formula is C27H27F3N4O3. The zero-order valence-electron chi connectivity index (χ0n) is 20.1. The third-order valence-electron chi connectivity index (χ3n) is 6.42. The van der Waals surface area contributed by atoms with Gasteiger partial charge in [0.2, 0.25) is 5.91 Å². The number of para-hydroxylation sites is 1. The normalized spacial score (nSPS) is 17.4. The minimum Gasteiger partial charge on any atom is -0.380 e. The van der Waals surface area contributed by atoms with Gasteiger partial charge in [0.15, 0.2) is 5.78 Å². The smallest absolute Gasteiger partial charge is 0.380 e. The first-order valence-corrected chi connectivity index (χ1v) is 12.0. The van der Waals surface area contributed by atoms with Crippen LogP contribution in [0.1, 0.15) is 47.3 Å². The Labute approximate surface area is 212 Å². The fraction of sp³-hybridized carbons (Fsp3) is 0.333. The molecule has 1 aromatic heterocycles. The Morgan fingerprint density at radius 3 is 2.49 bits per heavy atom. The first kappa shape index (κ1) is 26.3. The Kier molecular flexibility index (Phi) is 8.17. The number of anilines is 2. The standard InChI is InChI=1S/C27H27F3N4O3/c28-27(29,30)21-5-1-2-6-22(21)33-20-11-9-19(10-12-20)17-31-25(36)26(14-16-37-18-26)13-3-8-24(35)23-7-4-15-32-34-23/h1-2,4-7,9-12,15,33H,3,8,13-14,16-18H2,(H,31,36)/t26-/m1/s1. The number of carbonyl (C=O) groups is 2. The Hall–Kier alpha value is -3.79. The third-order valence-corrected chi connectivity index (χ3v) is 6.42. The minimum absolute atomic E-state index is 0.0305. The molecule has 2 heterocycles. The number of ketones is 1. The lowest BCUT2D eigenvalue weighted by Crippen LogP contribution is -2.41. The maximum Gasteiger partial charge on any atom is 0.418 e. The first-order valence-electron chi connectivity index (χ1n) is 12.0. The molecule has 1 aliphatic heterocycles. The van der Waals surface area contributed by atoms with E-state index in [4.69, 9.17) is 4.74 Å². The van der Waals surface area contributed by atoms with Crippen LogP contribution in [-0.4, -0.2) is 35.1 Å². The molecule has 1 atom stereocenters. The summed E-state index contributed by atoms with van der Waals surface area (Å²) in [5.41, 5.74) is 0.135. The van der Waals surface area contributed by atoms with Crippen LogP contribution < -0.4 is 10.6 Å². The van der Waals surface area contributed by atoms with Gasteiger partial charge in [-0.3, -0.25) is 9.59 Å². The van der Waals surface area contributed by atoms with Crippen LogP contribution in [0.2, 0.25) is 0 Å². The molecule has 1 fully saturated rings. The van der Waals surface area contributed by atoms with Crippen molar-refractivity contribution in [3.63, 3.8) is 0 Å². The van der Waals surface area contributed by atoms with Gasteiger partial charge in [-0.2, -0.15) is 18.3 Å². The molecule has 37 heavy (non-hydrogen) atoms. The summed E-state index contributed by atoms with van der Waals surface area (Å²) in [5, 5.41) is 13.3. The van der Waals surface area contributed by atoms with E-state index in [-0.39, 0.29) is 30.3 Å². The molecule has 10 heteroatoms. The number of alkyl halides is 3. The zero-order valence-corrected chi connectivity index (χ0v) is 20.1. The molecule has 0 unspecified atom stereocenters. The highest BCUT2D eigenvalue weighted by Crippen LogP contribution is 2.36. The number of nitrogens with zero attached hydrogens (tertiary/aromatic N) is 2. The van der Waals surface area contributed by atoms with Gasteiger partial charge in [-0.05, 0) is 61.2 Å². The number of Topliss-reactive ketones (excluding diaryl/α,β-unsaturated/α-hetero) is 1. The highest BCUT2D eigenvalue weighted by molar-refractivity contribution is 5.94. The molecule has 1 amide bonds. The molecule has 2 N–H and O–H groups in total. The number of amides is 1. The van der Waals surface area contributed by atoms with E-state index in [0.717, 1.165) is 11.6 Å². The van der Waals surface area contributed by atoms with E-state index in [1.165, 1.54) is 24.4 Å². The van der Waals surface area contributed by atoms with Crippen molar-refractivity contribution in [1.82, 2.24) is 15.5 Å². The Morgan fingerprint density at radius 2 is 1.81 bits per heavy atom. The summed E-state index contributed by atoms with van der Waals surface area (Å²) < 4.78 is 45.2. The van der Waals surface area contributed by atoms with E-state index in [1.54, 1.807) is 36.4 Å². The SMILES string of the molecule is O=C(CCC[C@@]1(C(=O)NCc2ccc(Nc3ccccc3C(F)(F)F)cc2)CCOC1)c1cccnn1. The van der Waals surface area contributed by atoms with E-state index in [2.05, 4.69) is 20.8 Å².